The zero-order chi connectivity index (χ0) is 20.1. The Morgan fingerprint density at radius 1 is 1.29 bits per heavy atom. The van der Waals surface area contributed by atoms with Gasteiger partial charge in [0, 0.05) is 10.4 Å². The standard InChI is InChI=1S/C22H28N2O3S/c1-5-27-15-8-6-7-14(18(15)25)19-23-20(26)17-13-10-9-12(22(2,3)4)11-16(13)28-21(17)24-19/h6-8,12,19,24-25H,5,9-11H2,1-4H3,(H,23,26). The molecule has 2 atom stereocenters. The van der Waals surface area contributed by atoms with E-state index in [1.54, 1.807) is 17.4 Å². The lowest BCUT2D eigenvalue weighted by molar-refractivity contribution is 0.0934. The number of hydrogen-bond acceptors (Lipinski definition) is 5. The molecule has 0 spiro atoms. The number of anilines is 1. The van der Waals surface area contributed by atoms with Crippen LogP contribution in [0.2, 0.25) is 0 Å². The van der Waals surface area contributed by atoms with E-state index in [1.165, 1.54) is 10.4 Å². The first-order valence-electron chi connectivity index (χ1n) is 9.96. The molecule has 0 radical (unpaired) electrons. The maximum atomic E-state index is 12.9. The SMILES string of the molecule is CCOc1cccc(C2NC(=O)c3c(sc4c3CCC(C(C)(C)C)C4)N2)c1O. The molecule has 2 unspecified atom stereocenters. The van der Waals surface area contributed by atoms with Crippen LogP contribution in [0.1, 0.15) is 66.6 Å². The number of carbonyl (C=O) groups is 1. The minimum atomic E-state index is -0.473. The van der Waals surface area contributed by atoms with Crippen LogP contribution in [0.5, 0.6) is 11.5 Å². The fourth-order valence-corrected chi connectivity index (χ4v) is 5.59. The molecule has 150 valence electrons. The second-order valence-corrected chi connectivity index (χ2v) is 9.80. The van der Waals surface area contributed by atoms with Crippen molar-refractivity contribution in [1.82, 2.24) is 5.32 Å². The highest BCUT2D eigenvalue weighted by Crippen LogP contribution is 2.46. The van der Waals surface area contributed by atoms with Gasteiger partial charge in [-0.15, -0.1) is 11.3 Å². The molecular formula is C22H28N2O3S. The summed E-state index contributed by atoms with van der Waals surface area (Å²) in [5.74, 6) is 1.07. The molecule has 3 N–H and O–H groups in total. The van der Waals surface area contributed by atoms with E-state index in [0.717, 1.165) is 29.8 Å². The monoisotopic (exact) mass is 400 g/mol. The minimum Gasteiger partial charge on any atom is -0.504 e. The van der Waals surface area contributed by atoms with E-state index in [9.17, 15) is 9.90 Å². The Hall–Kier alpha value is -2.21. The number of fused-ring (bicyclic) bond motifs is 3. The molecule has 1 aliphatic heterocycles. The highest BCUT2D eigenvalue weighted by atomic mass is 32.1. The number of phenolic OH excluding ortho intramolecular Hbond substituents is 1. The van der Waals surface area contributed by atoms with Crippen LogP contribution in [0.4, 0.5) is 5.00 Å². The number of benzene rings is 1. The summed E-state index contributed by atoms with van der Waals surface area (Å²) in [5, 5.41) is 17.9. The molecule has 0 bridgehead atoms. The van der Waals surface area contributed by atoms with Crippen molar-refractivity contribution in [2.24, 2.45) is 11.3 Å². The smallest absolute Gasteiger partial charge is 0.256 e. The van der Waals surface area contributed by atoms with Gasteiger partial charge >= 0.3 is 0 Å². The summed E-state index contributed by atoms with van der Waals surface area (Å²) < 4.78 is 5.49. The molecule has 1 aromatic heterocycles. The Morgan fingerprint density at radius 3 is 2.79 bits per heavy atom. The van der Waals surface area contributed by atoms with Gasteiger partial charge in [-0.05, 0) is 49.1 Å². The molecule has 0 fully saturated rings. The van der Waals surface area contributed by atoms with Crippen molar-refractivity contribution >= 4 is 22.2 Å². The maximum absolute atomic E-state index is 12.9. The summed E-state index contributed by atoms with van der Waals surface area (Å²) in [6, 6.07) is 5.37. The zero-order valence-corrected chi connectivity index (χ0v) is 17.7. The Balaban J connectivity index is 1.65. The van der Waals surface area contributed by atoms with Crippen LogP contribution < -0.4 is 15.4 Å². The molecule has 5 nitrogen and oxygen atoms in total. The van der Waals surface area contributed by atoms with Gasteiger partial charge in [0.05, 0.1) is 12.2 Å². The van der Waals surface area contributed by atoms with E-state index in [2.05, 4.69) is 31.4 Å². The number of amides is 1. The number of phenols is 1. The van der Waals surface area contributed by atoms with Crippen molar-refractivity contribution in [3.05, 3.63) is 39.8 Å². The topological polar surface area (TPSA) is 70.6 Å². The predicted molar refractivity (Wildman–Crippen MR) is 112 cm³/mol. The Labute approximate surface area is 170 Å². The third-order valence-corrected chi connectivity index (χ3v) is 7.09. The summed E-state index contributed by atoms with van der Waals surface area (Å²) in [6.07, 6.45) is 2.63. The number of rotatable bonds is 3. The molecular weight excluding hydrogens is 372 g/mol. The Bertz CT molecular complexity index is 913. The lowest BCUT2D eigenvalue weighted by Crippen LogP contribution is -2.38. The predicted octanol–water partition coefficient (Wildman–Crippen LogP) is 4.86. The number of thiophene rings is 1. The number of hydrogen-bond donors (Lipinski definition) is 3. The van der Waals surface area contributed by atoms with Gasteiger partial charge in [0.15, 0.2) is 11.5 Å². The average molecular weight is 401 g/mol. The summed E-state index contributed by atoms with van der Waals surface area (Å²) in [6.45, 7) is 9.24. The van der Waals surface area contributed by atoms with Gasteiger partial charge in [0.1, 0.15) is 11.2 Å². The molecule has 2 heterocycles. The van der Waals surface area contributed by atoms with Crippen LogP contribution >= 0.6 is 11.3 Å². The van der Waals surface area contributed by atoms with E-state index in [4.69, 9.17) is 4.74 Å². The minimum absolute atomic E-state index is 0.0633. The van der Waals surface area contributed by atoms with Crippen LogP contribution in [0, 0.1) is 11.3 Å². The van der Waals surface area contributed by atoms with Gasteiger partial charge in [-0.1, -0.05) is 32.9 Å². The van der Waals surface area contributed by atoms with Gasteiger partial charge in [0.2, 0.25) is 0 Å². The number of ether oxygens (including phenoxy) is 1. The Kier molecular flexibility index (Phi) is 4.78. The molecule has 6 heteroatoms. The summed E-state index contributed by atoms with van der Waals surface area (Å²) >= 11 is 1.70. The first-order chi connectivity index (χ1) is 13.3. The van der Waals surface area contributed by atoms with Gasteiger partial charge in [0.25, 0.3) is 5.91 Å². The third-order valence-electron chi connectivity index (χ3n) is 5.91. The van der Waals surface area contributed by atoms with E-state index in [-0.39, 0.29) is 17.1 Å². The van der Waals surface area contributed by atoms with Gasteiger partial charge in [-0.25, -0.2) is 0 Å². The fraction of sp³-hybridized carbons (Fsp3) is 0.500. The molecule has 4 rings (SSSR count). The van der Waals surface area contributed by atoms with Crippen LogP contribution in [0.25, 0.3) is 0 Å². The quantitative estimate of drug-likeness (QED) is 0.688. The average Bonchev–Trinajstić information content (AvgIpc) is 3.01. The summed E-state index contributed by atoms with van der Waals surface area (Å²) in [7, 11) is 0. The lowest BCUT2D eigenvalue weighted by Gasteiger charge is -2.34. The highest BCUT2D eigenvalue weighted by molar-refractivity contribution is 7.16. The number of carbonyl (C=O) groups excluding carboxylic acids is 1. The van der Waals surface area contributed by atoms with E-state index in [1.807, 2.05) is 19.1 Å². The van der Waals surface area contributed by atoms with Crippen LogP contribution in [-0.4, -0.2) is 17.6 Å². The molecule has 1 amide bonds. The molecule has 2 aliphatic rings. The Morgan fingerprint density at radius 2 is 2.07 bits per heavy atom. The van der Waals surface area contributed by atoms with Crippen LogP contribution in [-0.2, 0) is 12.8 Å². The molecule has 1 aliphatic carbocycles. The van der Waals surface area contributed by atoms with Crippen molar-refractivity contribution in [2.45, 2.75) is 53.1 Å². The molecule has 2 aromatic rings. The first kappa shape index (κ1) is 19.1. The summed E-state index contributed by atoms with van der Waals surface area (Å²) in [5.41, 5.74) is 2.88. The number of para-hydroxylation sites is 1. The van der Waals surface area contributed by atoms with Crippen molar-refractivity contribution < 1.29 is 14.6 Å². The van der Waals surface area contributed by atoms with Crippen LogP contribution in [0.15, 0.2) is 18.2 Å². The van der Waals surface area contributed by atoms with E-state index >= 15 is 0 Å². The second-order valence-electron chi connectivity index (χ2n) is 8.69. The van der Waals surface area contributed by atoms with Gasteiger partial charge in [-0.3, -0.25) is 4.79 Å². The number of nitrogens with one attached hydrogen (secondary N) is 2. The second kappa shape index (κ2) is 6.99. The van der Waals surface area contributed by atoms with Crippen molar-refractivity contribution in [1.29, 1.82) is 0 Å². The largest absolute Gasteiger partial charge is 0.504 e. The summed E-state index contributed by atoms with van der Waals surface area (Å²) in [4.78, 5) is 14.3. The molecule has 0 saturated heterocycles. The lowest BCUT2D eigenvalue weighted by atomic mass is 9.72. The fourth-order valence-electron chi connectivity index (χ4n) is 4.24. The molecule has 0 saturated carbocycles. The van der Waals surface area contributed by atoms with E-state index in [0.29, 0.717) is 23.8 Å². The normalized spacial score (nSPS) is 21.4. The van der Waals surface area contributed by atoms with Crippen LogP contribution in [0.3, 0.4) is 0 Å². The first-order valence-corrected chi connectivity index (χ1v) is 10.8. The van der Waals surface area contributed by atoms with Crippen molar-refractivity contribution in [3.63, 3.8) is 0 Å². The van der Waals surface area contributed by atoms with Crippen molar-refractivity contribution in [2.75, 3.05) is 11.9 Å². The van der Waals surface area contributed by atoms with Crippen molar-refractivity contribution in [3.8, 4) is 11.5 Å². The van der Waals surface area contributed by atoms with Gasteiger partial charge < -0.3 is 20.5 Å². The van der Waals surface area contributed by atoms with E-state index < -0.39 is 6.17 Å². The maximum Gasteiger partial charge on any atom is 0.256 e. The molecule has 28 heavy (non-hydrogen) atoms. The number of aromatic hydroxyl groups is 1. The third kappa shape index (κ3) is 3.24. The zero-order valence-electron chi connectivity index (χ0n) is 16.9. The highest BCUT2D eigenvalue weighted by Gasteiger charge is 2.37. The molecule has 1 aromatic carbocycles. The van der Waals surface area contributed by atoms with Gasteiger partial charge in [-0.2, -0.15) is 0 Å².